The number of rotatable bonds is 0. The average Bonchev–Trinajstić information content (AvgIpc) is 1.67. The molecule has 0 aliphatic carbocycles. The Labute approximate surface area is 201 Å². The number of hydrogen-bond acceptors (Lipinski definition) is 12. The van der Waals surface area contributed by atoms with Crippen LogP contribution < -0.4 is 138 Å². The fourth-order valence-corrected chi connectivity index (χ4v) is 6.02. The van der Waals surface area contributed by atoms with E-state index >= 15 is 0 Å². The first-order chi connectivity index (χ1) is 6.83. The number of phosphoric acid groups is 4. The van der Waals surface area contributed by atoms with Crippen LogP contribution in [0.5, 0.6) is 0 Å². The Morgan fingerprint density at radius 3 is 0.650 bits per heavy atom. The summed E-state index contributed by atoms with van der Waals surface area (Å²) in [6, 6.07) is 0. The maximum Gasteiger partial charge on any atom is 1.00 e. The summed E-state index contributed by atoms with van der Waals surface area (Å²) in [5.74, 6) is 0. The van der Waals surface area contributed by atoms with Gasteiger partial charge in [0, 0.05) is 0 Å². The minimum atomic E-state index is -5.87. The Bertz CT molecular complexity index is 372. The van der Waals surface area contributed by atoms with Crippen LogP contribution in [0.2, 0.25) is 0 Å². The van der Waals surface area contributed by atoms with Crippen LogP contribution in [0.1, 0.15) is 0 Å². The van der Waals surface area contributed by atoms with Crippen LogP contribution in [0, 0.1) is 0 Å². The van der Waals surface area contributed by atoms with Crippen LogP contribution >= 0.6 is 31.3 Å². The van der Waals surface area contributed by atoms with E-state index in [4.69, 9.17) is 0 Å². The van der Waals surface area contributed by atoms with Gasteiger partial charge >= 0.3 is 118 Å². The summed E-state index contributed by atoms with van der Waals surface area (Å²) in [7, 11) is -23.5. The van der Waals surface area contributed by atoms with Gasteiger partial charge in [0.25, 0.3) is 31.3 Å². The standard InChI is InChI=1S/4Na.H4O12P4/c;;;;1-13(2)9-14(3,4)11-16(7,8)12-15(5,6)10-13/h;;;;(H,1,2)(H,3,4)(H,5,6)(H,7,8)/q4*+1;/p-4. The molecule has 0 radical (unpaired) electrons. The van der Waals surface area contributed by atoms with Crippen molar-refractivity contribution >= 4 is 31.3 Å². The van der Waals surface area contributed by atoms with E-state index in [2.05, 4.69) is 17.2 Å². The van der Waals surface area contributed by atoms with Crippen molar-refractivity contribution in [1.82, 2.24) is 0 Å². The van der Waals surface area contributed by atoms with Crippen LogP contribution in [-0.4, -0.2) is 0 Å². The third kappa shape index (κ3) is 12.9. The van der Waals surface area contributed by atoms with Gasteiger partial charge < -0.3 is 19.6 Å². The molecule has 1 heterocycles. The first-order valence-corrected chi connectivity index (χ1v) is 8.76. The Kier molecular flexibility index (Phi) is 18.3. The summed E-state index contributed by atoms with van der Waals surface area (Å²) >= 11 is 0. The molecule has 0 N–H and O–H groups in total. The molecule has 0 amide bonds. The van der Waals surface area contributed by atoms with E-state index in [1.54, 1.807) is 0 Å². The fourth-order valence-electron chi connectivity index (χ4n) is 0.550. The van der Waals surface area contributed by atoms with Gasteiger partial charge in [-0.2, -0.15) is 0 Å². The number of hydrogen-bond donors (Lipinski definition) is 0. The SMILES string of the molecule is O=P1([O-])OP(=O)([O-])OP(=O)([O-])OP(=O)([O-])O1.[Na+].[Na+].[Na+].[Na+]. The van der Waals surface area contributed by atoms with Crippen molar-refractivity contribution in [3.8, 4) is 0 Å². The predicted molar refractivity (Wildman–Crippen MR) is 34.8 cm³/mol. The molecule has 1 rings (SSSR count). The first-order valence-electron chi connectivity index (χ1n) is 2.92. The van der Waals surface area contributed by atoms with Crippen LogP contribution in [-0.2, 0) is 35.5 Å². The van der Waals surface area contributed by atoms with Crippen molar-refractivity contribution in [2.75, 3.05) is 0 Å². The Hall–Kier alpha value is 4.60. The van der Waals surface area contributed by atoms with Gasteiger partial charge in [-0.15, -0.1) is 0 Å². The first kappa shape index (κ1) is 32.3. The predicted octanol–water partition coefficient (Wildman–Crippen LogP) is -14.0. The molecular weight excluding hydrogens is 408 g/mol. The molecular formula is Na4O12P4. The topological polar surface area (TPSA) is 197 Å². The van der Waals surface area contributed by atoms with Crippen molar-refractivity contribution in [2.45, 2.75) is 0 Å². The third-order valence-electron chi connectivity index (χ3n) is 0.800. The van der Waals surface area contributed by atoms with Crippen molar-refractivity contribution in [2.24, 2.45) is 0 Å². The zero-order valence-electron chi connectivity index (χ0n) is 10.7. The molecule has 1 aliphatic rings. The second-order valence-corrected chi connectivity index (χ2v) is 8.31. The molecule has 0 spiro atoms. The van der Waals surface area contributed by atoms with Gasteiger partial charge in [0.2, 0.25) is 0 Å². The Balaban J connectivity index is -0.000000320. The largest absolute Gasteiger partial charge is 1.00 e. The normalized spacial score (nSPS) is 44.2. The maximum absolute atomic E-state index is 10.6. The zero-order chi connectivity index (χ0) is 12.8. The fraction of sp³-hybridized carbons (Fsp3) is 0. The third-order valence-corrected chi connectivity index (χ3v) is 7.20. The van der Waals surface area contributed by atoms with Gasteiger partial charge in [-0.05, 0) is 0 Å². The summed E-state index contributed by atoms with van der Waals surface area (Å²) in [6.07, 6.45) is 0. The monoisotopic (exact) mass is 408 g/mol. The summed E-state index contributed by atoms with van der Waals surface area (Å²) in [4.78, 5) is 42.2. The van der Waals surface area contributed by atoms with E-state index in [1.807, 2.05) is 0 Å². The van der Waals surface area contributed by atoms with Crippen LogP contribution in [0.25, 0.3) is 0 Å². The Morgan fingerprint density at radius 1 is 0.450 bits per heavy atom. The van der Waals surface area contributed by atoms with Gasteiger partial charge in [0.1, 0.15) is 0 Å². The molecule has 0 aromatic heterocycles. The van der Waals surface area contributed by atoms with E-state index in [-0.39, 0.29) is 118 Å². The van der Waals surface area contributed by atoms with Gasteiger partial charge in [0.05, 0.1) is 0 Å². The Morgan fingerprint density at radius 2 is 0.550 bits per heavy atom. The molecule has 20 heavy (non-hydrogen) atoms. The van der Waals surface area contributed by atoms with Gasteiger partial charge in [-0.1, -0.05) is 0 Å². The van der Waals surface area contributed by atoms with Crippen LogP contribution in [0.15, 0.2) is 0 Å². The molecule has 12 nitrogen and oxygen atoms in total. The van der Waals surface area contributed by atoms with Crippen molar-refractivity contribution in [3.05, 3.63) is 0 Å². The quantitative estimate of drug-likeness (QED) is 0.271. The second-order valence-electron chi connectivity index (χ2n) is 2.12. The second kappa shape index (κ2) is 11.3. The van der Waals surface area contributed by atoms with E-state index in [1.165, 1.54) is 0 Å². The minimum absolute atomic E-state index is 0. The molecule has 0 atom stereocenters. The van der Waals surface area contributed by atoms with Gasteiger partial charge in [-0.25, -0.2) is 17.2 Å². The minimum Gasteiger partial charge on any atom is -0.756 e. The molecule has 0 unspecified atom stereocenters. The molecule has 1 aliphatic heterocycles. The van der Waals surface area contributed by atoms with Crippen LogP contribution in [0.4, 0.5) is 0 Å². The summed E-state index contributed by atoms with van der Waals surface area (Å²) in [6.45, 7) is 0. The van der Waals surface area contributed by atoms with Gasteiger partial charge in [0.15, 0.2) is 0 Å². The van der Waals surface area contributed by atoms with Crippen molar-refractivity contribution < 1.29 is 173 Å². The molecule has 96 valence electrons. The van der Waals surface area contributed by atoms with Gasteiger partial charge in [-0.3, -0.25) is 18.3 Å². The molecule has 20 heteroatoms. The average molecular weight is 408 g/mol. The summed E-state index contributed by atoms with van der Waals surface area (Å²) in [5, 5.41) is 0. The molecule has 0 bridgehead atoms. The summed E-state index contributed by atoms with van der Waals surface area (Å²) < 4.78 is 54.5. The maximum atomic E-state index is 10.6. The van der Waals surface area contributed by atoms with Crippen molar-refractivity contribution in [3.63, 3.8) is 0 Å². The van der Waals surface area contributed by atoms with E-state index < -0.39 is 31.3 Å². The smallest absolute Gasteiger partial charge is 0.756 e. The molecule has 1 saturated heterocycles. The van der Waals surface area contributed by atoms with Crippen molar-refractivity contribution in [1.29, 1.82) is 0 Å². The molecule has 1 fully saturated rings. The van der Waals surface area contributed by atoms with E-state index in [9.17, 15) is 37.8 Å². The van der Waals surface area contributed by atoms with Crippen LogP contribution in [0.3, 0.4) is 0 Å². The molecule has 0 saturated carbocycles. The molecule has 0 aromatic carbocycles. The van der Waals surface area contributed by atoms with E-state index in [0.29, 0.717) is 0 Å². The van der Waals surface area contributed by atoms with E-state index in [0.717, 1.165) is 0 Å². The molecule has 0 aromatic rings. The summed E-state index contributed by atoms with van der Waals surface area (Å²) in [5.41, 5.74) is 0. The zero-order valence-corrected chi connectivity index (χ0v) is 22.3.